The number of nitrogens with one attached hydrogen (secondary N) is 3. The number of halogens is 1. The van der Waals surface area contributed by atoms with Crippen LogP contribution in [0.4, 0.5) is 5.69 Å². The van der Waals surface area contributed by atoms with E-state index in [0.717, 1.165) is 15.6 Å². The molecule has 2 rings (SSSR count). The number of anilines is 1. The van der Waals surface area contributed by atoms with Gasteiger partial charge in [0, 0.05) is 17.1 Å². The van der Waals surface area contributed by atoms with Gasteiger partial charge < -0.3 is 5.32 Å². The molecule has 0 spiro atoms. The van der Waals surface area contributed by atoms with Crippen LogP contribution >= 0.6 is 15.9 Å². The molecule has 0 unspecified atom stereocenters. The molecule has 2 aromatic rings. The average Bonchev–Trinajstić information content (AvgIpc) is 2.57. The molecule has 5 N–H and O–H groups in total. The lowest BCUT2D eigenvalue weighted by molar-refractivity contribution is -0.120. The maximum atomic E-state index is 11.5. The third kappa shape index (κ3) is 4.89. The van der Waals surface area contributed by atoms with E-state index in [9.17, 15) is 9.59 Å². The number of hydrogen-bond acceptors (Lipinski definition) is 4. The molecule has 0 aromatic heterocycles. The summed E-state index contributed by atoms with van der Waals surface area (Å²) >= 11 is 3.46. The van der Waals surface area contributed by atoms with E-state index in [-0.39, 0.29) is 24.4 Å². The van der Waals surface area contributed by atoms with Crippen LogP contribution in [0.1, 0.15) is 24.1 Å². The van der Waals surface area contributed by atoms with Gasteiger partial charge in [-0.1, -0.05) is 46.3 Å². The second kappa shape index (κ2) is 8.58. The summed E-state index contributed by atoms with van der Waals surface area (Å²) in [5.74, 6) is 4.66. The monoisotopic (exact) mass is 390 g/mol. The molecule has 2 amide bonds. The van der Waals surface area contributed by atoms with Crippen LogP contribution in [0.2, 0.25) is 0 Å². The van der Waals surface area contributed by atoms with E-state index in [0.29, 0.717) is 5.69 Å². The largest absolute Gasteiger partial charge is 0.326 e. The molecule has 126 valence electrons. The second-order valence-corrected chi connectivity index (χ2v) is 6.12. The fourth-order valence-corrected chi connectivity index (χ4v) is 2.75. The van der Waals surface area contributed by atoms with Crippen LogP contribution in [0.15, 0.2) is 53.0 Å². The maximum Gasteiger partial charge on any atom is 0.247 e. The van der Waals surface area contributed by atoms with Crippen molar-refractivity contribution in [3.63, 3.8) is 0 Å². The molecular weight excluding hydrogens is 372 g/mol. The van der Waals surface area contributed by atoms with E-state index < -0.39 is 0 Å². The highest BCUT2D eigenvalue weighted by Crippen LogP contribution is 2.31. The van der Waals surface area contributed by atoms with Gasteiger partial charge >= 0.3 is 0 Å². The number of rotatable bonds is 6. The Balaban J connectivity index is 2.44. The topological polar surface area (TPSA) is 96.2 Å². The molecule has 0 aliphatic carbocycles. The SMILES string of the molecule is CC(=O)Nc1ccc(Br)cc1[C@@H](NCC(=O)NN)c1ccccc1. The first-order chi connectivity index (χ1) is 11.5. The second-order valence-electron chi connectivity index (χ2n) is 5.20. The van der Waals surface area contributed by atoms with Gasteiger partial charge in [0.25, 0.3) is 0 Å². The van der Waals surface area contributed by atoms with E-state index in [4.69, 9.17) is 5.84 Å². The number of nitrogens with two attached hydrogens (primary N) is 1. The molecule has 24 heavy (non-hydrogen) atoms. The molecule has 0 bridgehead atoms. The summed E-state index contributed by atoms with van der Waals surface area (Å²) < 4.78 is 0.873. The van der Waals surface area contributed by atoms with Crippen molar-refractivity contribution in [1.82, 2.24) is 10.7 Å². The average molecular weight is 391 g/mol. The van der Waals surface area contributed by atoms with Gasteiger partial charge in [-0.2, -0.15) is 0 Å². The third-order valence-electron chi connectivity index (χ3n) is 3.40. The van der Waals surface area contributed by atoms with Crippen LogP contribution in [0, 0.1) is 0 Å². The summed E-state index contributed by atoms with van der Waals surface area (Å²) in [4.78, 5) is 23.0. The highest BCUT2D eigenvalue weighted by molar-refractivity contribution is 9.10. The van der Waals surface area contributed by atoms with Gasteiger partial charge in [-0.3, -0.25) is 20.3 Å². The Labute approximate surface area is 148 Å². The van der Waals surface area contributed by atoms with Crippen molar-refractivity contribution in [2.75, 3.05) is 11.9 Å². The molecule has 0 saturated carbocycles. The zero-order valence-corrected chi connectivity index (χ0v) is 14.8. The molecule has 0 saturated heterocycles. The zero-order valence-electron chi connectivity index (χ0n) is 13.2. The third-order valence-corrected chi connectivity index (χ3v) is 3.89. The number of benzene rings is 2. The lowest BCUT2D eigenvalue weighted by atomic mass is 9.97. The Kier molecular flexibility index (Phi) is 6.48. The van der Waals surface area contributed by atoms with E-state index in [1.165, 1.54) is 6.92 Å². The Hall–Kier alpha value is -2.22. The van der Waals surface area contributed by atoms with Crippen molar-refractivity contribution in [2.24, 2.45) is 5.84 Å². The molecule has 1 atom stereocenters. The van der Waals surface area contributed by atoms with Gasteiger partial charge in [-0.25, -0.2) is 5.84 Å². The van der Waals surface area contributed by atoms with E-state index in [1.807, 2.05) is 48.5 Å². The van der Waals surface area contributed by atoms with Gasteiger partial charge in [0.05, 0.1) is 12.6 Å². The molecule has 0 fully saturated rings. The van der Waals surface area contributed by atoms with Gasteiger partial charge in [0.2, 0.25) is 11.8 Å². The minimum absolute atomic E-state index is 0.0437. The van der Waals surface area contributed by atoms with Crippen LogP contribution in [-0.4, -0.2) is 18.4 Å². The van der Waals surface area contributed by atoms with Crippen LogP contribution in [0.5, 0.6) is 0 Å². The van der Waals surface area contributed by atoms with E-state index in [1.54, 1.807) is 0 Å². The van der Waals surface area contributed by atoms with Gasteiger partial charge in [0.15, 0.2) is 0 Å². The Morgan fingerprint density at radius 3 is 2.50 bits per heavy atom. The maximum absolute atomic E-state index is 11.5. The predicted octanol–water partition coefficient (Wildman–Crippen LogP) is 2.08. The van der Waals surface area contributed by atoms with Crippen molar-refractivity contribution in [3.05, 3.63) is 64.1 Å². The number of carbonyl (C=O) groups is 2. The minimum atomic E-state index is -0.327. The summed E-state index contributed by atoms with van der Waals surface area (Å²) in [6.07, 6.45) is 0. The van der Waals surface area contributed by atoms with Gasteiger partial charge in [-0.05, 0) is 29.3 Å². The van der Waals surface area contributed by atoms with Gasteiger partial charge in [-0.15, -0.1) is 0 Å². The summed E-state index contributed by atoms with van der Waals surface area (Å²) in [6, 6.07) is 15.0. The first kappa shape index (κ1) is 18.1. The van der Waals surface area contributed by atoms with Crippen LogP contribution in [-0.2, 0) is 9.59 Å². The van der Waals surface area contributed by atoms with Crippen molar-refractivity contribution in [1.29, 1.82) is 0 Å². The van der Waals surface area contributed by atoms with Crippen LogP contribution in [0.3, 0.4) is 0 Å². The molecule has 0 radical (unpaired) electrons. The summed E-state index contributed by atoms with van der Waals surface area (Å²) in [5, 5.41) is 6.01. The Bertz CT molecular complexity index is 722. The van der Waals surface area contributed by atoms with Crippen LogP contribution in [0.25, 0.3) is 0 Å². The van der Waals surface area contributed by atoms with E-state index >= 15 is 0 Å². The van der Waals surface area contributed by atoms with Crippen molar-refractivity contribution < 1.29 is 9.59 Å². The number of hydrazine groups is 1. The normalized spacial score (nSPS) is 11.6. The molecule has 0 aliphatic heterocycles. The van der Waals surface area contributed by atoms with Gasteiger partial charge in [0.1, 0.15) is 0 Å². The molecule has 0 heterocycles. The Morgan fingerprint density at radius 1 is 1.17 bits per heavy atom. The lowest BCUT2D eigenvalue weighted by Gasteiger charge is -2.22. The summed E-state index contributed by atoms with van der Waals surface area (Å²) in [6.45, 7) is 1.50. The highest BCUT2D eigenvalue weighted by Gasteiger charge is 2.19. The highest BCUT2D eigenvalue weighted by atomic mass is 79.9. The fourth-order valence-electron chi connectivity index (χ4n) is 2.37. The first-order valence-corrected chi connectivity index (χ1v) is 8.15. The van der Waals surface area contributed by atoms with Crippen molar-refractivity contribution >= 4 is 33.4 Å². The quantitative estimate of drug-likeness (QED) is 0.344. The van der Waals surface area contributed by atoms with Crippen molar-refractivity contribution in [2.45, 2.75) is 13.0 Å². The predicted molar refractivity (Wildman–Crippen MR) is 97.1 cm³/mol. The summed E-state index contributed by atoms with van der Waals surface area (Å²) in [5.41, 5.74) is 4.59. The molecule has 6 nitrogen and oxygen atoms in total. The molecule has 0 aliphatic rings. The summed E-state index contributed by atoms with van der Waals surface area (Å²) in [7, 11) is 0. The smallest absolute Gasteiger partial charge is 0.247 e. The first-order valence-electron chi connectivity index (χ1n) is 7.36. The fraction of sp³-hybridized carbons (Fsp3) is 0.176. The molecule has 2 aromatic carbocycles. The molecule has 7 heteroatoms. The minimum Gasteiger partial charge on any atom is -0.326 e. The number of amides is 2. The zero-order chi connectivity index (χ0) is 17.5. The Morgan fingerprint density at radius 2 is 1.88 bits per heavy atom. The van der Waals surface area contributed by atoms with Crippen molar-refractivity contribution in [3.8, 4) is 0 Å². The lowest BCUT2D eigenvalue weighted by Crippen LogP contribution is -2.39. The number of carbonyl (C=O) groups excluding carboxylic acids is 2. The van der Waals surface area contributed by atoms with Crippen LogP contribution < -0.4 is 21.9 Å². The standard InChI is InChI=1S/C17H19BrN4O2/c1-11(23)21-15-8-7-13(18)9-14(15)17(20-10-16(24)22-19)12-5-3-2-4-6-12/h2-9,17,20H,10,19H2,1H3,(H,21,23)(H,22,24)/t17-/m0/s1. The number of hydrogen-bond donors (Lipinski definition) is 4. The van der Waals surface area contributed by atoms with E-state index in [2.05, 4.69) is 32.0 Å². The molecular formula is C17H19BrN4O2.